The van der Waals surface area contributed by atoms with Gasteiger partial charge in [0.1, 0.15) is 0 Å². The number of likely N-dealkylation sites (tertiary alicyclic amines) is 1. The standard InChI is InChI=1S/C13H20N2O6/c1-8-5-15(6-9(8)11(16)17)13(19)14-3-4-21-10(7-14)12(18)20-2/h8-10H,3-7H2,1-2H3,(H,16,17). The third kappa shape index (κ3) is 3.26. The summed E-state index contributed by atoms with van der Waals surface area (Å²) in [5.41, 5.74) is 0. The smallest absolute Gasteiger partial charge is 0.336 e. The van der Waals surface area contributed by atoms with Crippen LogP contribution in [-0.4, -0.2) is 78.9 Å². The second kappa shape index (κ2) is 6.30. The Morgan fingerprint density at radius 1 is 1.19 bits per heavy atom. The fourth-order valence-corrected chi connectivity index (χ4v) is 2.74. The normalized spacial score (nSPS) is 29.3. The van der Waals surface area contributed by atoms with E-state index >= 15 is 0 Å². The van der Waals surface area contributed by atoms with Crippen LogP contribution in [0.25, 0.3) is 0 Å². The summed E-state index contributed by atoms with van der Waals surface area (Å²) in [5.74, 6) is -2.01. The molecule has 2 aliphatic rings. The number of hydrogen-bond donors (Lipinski definition) is 1. The monoisotopic (exact) mass is 300 g/mol. The van der Waals surface area contributed by atoms with E-state index in [9.17, 15) is 14.4 Å². The molecule has 0 spiro atoms. The van der Waals surface area contributed by atoms with Crippen LogP contribution in [0, 0.1) is 11.8 Å². The van der Waals surface area contributed by atoms with Gasteiger partial charge in [0.05, 0.1) is 26.2 Å². The lowest BCUT2D eigenvalue weighted by Crippen LogP contribution is -2.52. The Bertz CT molecular complexity index is 440. The van der Waals surface area contributed by atoms with E-state index in [-0.39, 0.29) is 31.6 Å². The zero-order valence-electron chi connectivity index (χ0n) is 12.2. The van der Waals surface area contributed by atoms with Gasteiger partial charge in [-0.25, -0.2) is 9.59 Å². The van der Waals surface area contributed by atoms with Crippen LogP contribution in [0.2, 0.25) is 0 Å². The third-order valence-corrected chi connectivity index (χ3v) is 4.00. The van der Waals surface area contributed by atoms with Crippen LogP contribution >= 0.6 is 0 Å². The number of esters is 1. The fraction of sp³-hybridized carbons (Fsp3) is 0.769. The molecular weight excluding hydrogens is 280 g/mol. The molecule has 2 amide bonds. The first-order valence-corrected chi connectivity index (χ1v) is 6.90. The summed E-state index contributed by atoms with van der Waals surface area (Å²) in [6, 6.07) is -0.247. The highest BCUT2D eigenvalue weighted by molar-refractivity contribution is 5.80. The molecule has 8 nitrogen and oxygen atoms in total. The summed E-state index contributed by atoms with van der Waals surface area (Å²) < 4.78 is 9.89. The Morgan fingerprint density at radius 3 is 2.48 bits per heavy atom. The number of nitrogens with zero attached hydrogens (tertiary/aromatic N) is 2. The van der Waals surface area contributed by atoms with Crippen molar-refractivity contribution < 1.29 is 29.0 Å². The Labute approximate surface area is 122 Å². The Hall–Kier alpha value is -1.83. The zero-order valence-corrected chi connectivity index (χ0v) is 12.2. The quantitative estimate of drug-likeness (QED) is 0.699. The first kappa shape index (κ1) is 15.6. The van der Waals surface area contributed by atoms with Crippen molar-refractivity contribution in [3.05, 3.63) is 0 Å². The lowest BCUT2D eigenvalue weighted by atomic mass is 9.99. The van der Waals surface area contributed by atoms with Crippen molar-refractivity contribution >= 4 is 18.0 Å². The first-order chi connectivity index (χ1) is 9.93. The predicted octanol–water partition coefficient (Wildman–Crippen LogP) is -0.367. The summed E-state index contributed by atoms with van der Waals surface area (Å²) in [5, 5.41) is 9.11. The average Bonchev–Trinajstić information content (AvgIpc) is 2.88. The van der Waals surface area contributed by atoms with Crippen molar-refractivity contribution in [2.75, 3.05) is 39.9 Å². The van der Waals surface area contributed by atoms with Crippen LogP contribution in [0.3, 0.4) is 0 Å². The Kier molecular flexibility index (Phi) is 4.66. The summed E-state index contributed by atoms with van der Waals surface area (Å²) in [7, 11) is 1.27. The number of carboxylic acid groups (broad SMARTS) is 1. The number of hydrogen-bond acceptors (Lipinski definition) is 5. The minimum absolute atomic E-state index is 0.0797. The molecule has 0 aromatic carbocycles. The van der Waals surface area contributed by atoms with Crippen LogP contribution in [0.4, 0.5) is 4.79 Å². The molecule has 0 saturated carbocycles. The molecule has 2 heterocycles. The van der Waals surface area contributed by atoms with Crippen LogP contribution in [0.15, 0.2) is 0 Å². The number of ether oxygens (including phenoxy) is 2. The van der Waals surface area contributed by atoms with Crippen molar-refractivity contribution in [3.63, 3.8) is 0 Å². The number of methoxy groups -OCH3 is 1. The van der Waals surface area contributed by atoms with Gasteiger partial charge in [0.2, 0.25) is 0 Å². The summed E-state index contributed by atoms with van der Waals surface area (Å²) in [6.07, 6.45) is -0.775. The molecule has 0 radical (unpaired) electrons. The molecule has 0 aliphatic carbocycles. The summed E-state index contributed by atoms with van der Waals surface area (Å²) in [6.45, 7) is 3.22. The van der Waals surface area contributed by atoms with Crippen LogP contribution < -0.4 is 0 Å². The number of morpholine rings is 1. The molecule has 3 atom stereocenters. The van der Waals surface area contributed by atoms with Gasteiger partial charge in [-0.05, 0) is 5.92 Å². The SMILES string of the molecule is COC(=O)C1CN(C(=O)N2CC(C)C(C(=O)O)C2)CCO1. The number of urea groups is 1. The molecule has 0 aromatic heterocycles. The van der Waals surface area contributed by atoms with Crippen molar-refractivity contribution in [2.45, 2.75) is 13.0 Å². The number of carbonyl (C=O) groups excluding carboxylic acids is 2. The van der Waals surface area contributed by atoms with E-state index in [0.29, 0.717) is 13.1 Å². The van der Waals surface area contributed by atoms with Gasteiger partial charge in [-0.15, -0.1) is 0 Å². The molecule has 8 heteroatoms. The van der Waals surface area contributed by atoms with E-state index in [1.54, 1.807) is 0 Å². The van der Waals surface area contributed by atoms with Crippen LogP contribution in [0.5, 0.6) is 0 Å². The molecule has 0 aromatic rings. The highest BCUT2D eigenvalue weighted by Gasteiger charge is 2.40. The van der Waals surface area contributed by atoms with Gasteiger partial charge in [0.25, 0.3) is 0 Å². The molecule has 3 unspecified atom stereocenters. The molecule has 0 bridgehead atoms. The lowest BCUT2D eigenvalue weighted by molar-refractivity contribution is -0.158. The van der Waals surface area contributed by atoms with E-state index in [2.05, 4.69) is 4.74 Å². The molecule has 21 heavy (non-hydrogen) atoms. The third-order valence-electron chi connectivity index (χ3n) is 4.00. The molecule has 2 saturated heterocycles. The highest BCUT2D eigenvalue weighted by atomic mass is 16.6. The molecule has 2 aliphatic heterocycles. The van der Waals surface area contributed by atoms with Gasteiger partial charge in [0, 0.05) is 19.6 Å². The topological polar surface area (TPSA) is 96.4 Å². The maximum absolute atomic E-state index is 12.4. The maximum atomic E-state index is 12.4. The number of carboxylic acids is 1. The van der Waals surface area contributed by atoms with Gasteiger partial charge in [0.15, 0.2) is 6.10 Å². The number of rotatable bonds is 2. The van der Waals surface area contributed by atoms with E-state index in [0.717, 1.165) is 0 Å². The number of carbonyl (C=O) groups is 3. The van der Waals surface area contributed by atoms with Gasteiger partial charge in [-0.2, -0.15) is 0 Å². The largest absolute Gasteiger partial charge is 0.481 e. The summed E-state index contributed by atoms with van der Waals surface area (Å²) >= 11 is 0. The summed E-state index contributed by atoms with van der Waals surface area (Å²) in [4.78, 5) is 38.0. The molecule has 1 N–H and O–H groups in total. The highest BCUT2D eigenvalue weighted by Crippen LogP contribution is 2.24. The van der Waals surface area contributed by atoms with Crippen molar-refractivity contribution in [3.8, 4) is 0 Å². The minimum Gasteiger partial charge on any atom is -0.481 e. The van der Waals surface area contributed by atoms with Gasteiger partial charge >= 0.3 is 18.0 Å². The van der Waals surface area contributed by atoms with Crippen LogP contribution in [0.1, 0.15) is 6.92 Å². The molecule has 2 rings (SSSR count). The Balaban J connectivity index is 1.97. The number of aliphatic carboxylic acids is 1. The van der Waals surface area contributed by atoms with Gasteiger partial charge in [-0.3, -0.25) is 4.79 Å². The van der Waals surface area contributed by atoms with Gasteiger partial charge in [-0.1, -0.05) is 6.92 Å². The lowest BCUT2D eigenvalue weighted by Gasteiger charge is -2.34. The fourth-order valence-electron chi connectivity index (χ4n) is 2.74. The van der Waals surface area contributed by atoms with E-state index < -0.39 is 24.0 Å². The molecule has 2 fully saturated rings. The first-order valence-electron chi connectivity index (χ1n) is 6.90. The molecular formula is C13H20N2O6. The van der Waals surface area contributed by atoms with E-state index in [4.69, 9.17) is 9.84 Å². The molecule has 118 valence electrons. The van der Waals surface area contributed by atoms with E-state index in [1.165, 1.54) is 16.9 Å². The van der Waals surface area contributed by atoms with E-state index in [1.807, 2.05) is 6.92 Å². The second-order valence-corrected chi connectivity index (χ2v) is 5.44. The Morgan fingerprint density at radius 2 is 1.90 bits per heavy atom. The van der Waals surface area contributed by atoms with Crippen molar-refractivity contribution in [1.82, 2.24) is 9.80 Å². The predicted molar refractivity (Wildman–Crippen MR) is 70.6 cm³/mol. The number of amides is 2. The van der Waals surface area contributed by atoms with Crippen LogP contribution in [-0.2, 0) is 19.1 Å². The zero-order chi connectivity index (χ0) is 15.6. The second-order valence-electron chi connectivity index (χ2n) is 5.44. The van der Waals surface area contributed by atoms with Gasteiger partial charge < -0.3 is 24.4 Å². The van der Waals surface area contributed by atoms with Crippen molar-refractivity contribution in [2.24, 2.45) is 11.8 Å². The maximum Gasteiger partial charge on any atom is 0.336 e. The minimum atomic E-state index is -0.882. The van der Waals surface area contributed by atoms with Crippen molar-refractivity contribution in [1.29, 1.82) is 0 Å². The average molecular weight is 300 g/mol.